The third-order valence-electron chi connectivity index (χ3n) is 7.08. The molecule has 0 aromatic heterocycles. The molecule has 0 aromatic rings. The lowest BCUT2D eigenvalue weighted by Gasteiger charge is -2.51. The maximum absolute atomic E-state index is 12.5. The summed E-state index contributed by atoms with van der Waals surface area (Å²) in [6.45, 7) is 7.36. The van der Waals surface area contributed by atoms with Crippen molar-refractivity contribution in [1.29, 1.82) is 0 Å². The van der Waals surface area contributed by atoms with E-state index < -0.39 is 6.10 Å². The summed E-state index contributed by atoms with van der Waals surface area (Å²) in [4.78, 5) is 13.9. The number of carbonyl (C=O) groups is 1. The zero-order valence-corrected chi connectivity index (χ0v) is 16.3. The van der Waals surface area contributed by atoms with E-state index in [0.717, 1.165) is 45.3 Å². The highest BCUT2D eigenvalue weighted by molar-refractivity contribution is 5.76. The van der Waals surface area contributed by atoms with Gasteiger partial charge in [-0.15, -0.1) is 0 Å². The Morgan fingerprint density at radius 1 is 1.44 bits per heavy atom. The van der Waals surface area contributed by atoms with Gasteiger partial charge in [-0.1, -0.05) is 25.5 Å². The first-order valence-corrected chi connectivity index (χ1v) is 10.0. The molecule has 25 heavy (non-hydrogen) atoms. The Hall–Kier alpha value is -0.910. The molecule has 0 bridgehead atoms. The number of esters is 1. The van der Waals surface area contributed by atoms with Gasteiger partial charge in [-0.3, -0.25) is 4.79 Å². The summed E-state index contributed by atoms with van der Waals surface area (Å²) >= 11 is 0. The summed E-state index contributed by atoms with van der Waals surface area (Å²) in [7, 11) is 4.32. The van der Waals surface area contributed by atoms with Crippen molar-refractivity contribution >= 4 is 5.97 Å². The van der Waals surface area contributed by atoms with Crippen molar-refractivity contribution in [2.45, 2.75) is 51.7 Å². The quantitative estimate of drug-likeness (QED) is 0.339. The van der Waals surface area contributed by atoms with Gasteiger partial charge in [0.2, 0.25) is 0 Å². The lowest BCUT2D eigenvalue weighted by atomic mass is 9.55. The number of nitrogens with two attached hydrogens (primary N) is 1. The molecule has 0 spiro atoms. The number of aliphatic hydroxyl groups is 1. The summed E-state index contributed by atoms with van der Waals surface area (Å²) in [6.07, 6.45) is 5.83. The van der Waals surface area contributed by atoms with E-state index in [1.807, 2.05) is 0 Å². The van der Waals surface area contributed by atoms with Crippen LogP contribution < -0.4 is 10.2 Å². The largest absolute Gasteiger partial charge is 0.461 e. The van der Waals surface area contributed by atoms with E-state index in [-0.39, 0.29) is 29.3 Å². The zero-order valence-electron chi connectivity index (χ0n) is 16.3. The Bertz CT molecular complexity index is 533. The van der Waals surface area contributed by atoms with Gasteiger partial charge in [-0.25, -0.2) is 0 Å². The van der Waals surface area contributed by atoms with Gasteiger partial charge in [-0.2, -0.15) is 0 Å². The number of fused-ring (bicyclic) bond motifs is 2. The second-order valence-electron chi connectivity index (χ2n) is 8.92. The molecule has 1 saturated heterocycles. The normalized spacial score (nSPS) is 40.5. The standard InChI is InChI=1S/C20H34N2O3/c1-13-7-5-8-14-11-16-17(18(23)20(13,14)2)15(19(24)25-16)12-21-9-6-10-22(3)4/h8,13,15-18,21,23H,5-7,9-12H2,1-4H3/p+2/t13-,15-,16+,17+,18+,20+/m0/s1. The first-order chi connectivity index (χ1) is 11.9. The lowest BCUT2D eigenvalue weighted by Crippen LogP contribution is -3.06. The Kier molecular flexibility index (Phi) is 5.57. The van der Waals surface area contributed by atoms with Gasteiger partial charge in [0.1, 0.15) is 12.0 Å². The third-order valence-corrected chi connectivity index (χ3v) is 7.08. The Morgan fingerprint density at radius 2 is 2.20 bits per heavy atom. The number of aliphatic hydroxyl groups excluding tert-OH is 1. The molecule has 5 nitrogen and oxygen atoms in total. The van der Waals surface area contributed by atoms with Crippen LogP contribution >= 0.6 is 0 Å². The van der Waals surface area contributed by atoms with Gasteiger partial charge >= 0.3 is 5.97 Å². The van der Waals surface area contributed by atoms with Crippen molar-refractivity contribution in [3.8, 4) is 0 Å². The molecule has 2 fully saturated rings. The van der Waals surface area contributed by atoms with Crippen LogP contribution in [0.3, 0.4) is 0 Å². The molecule has 1 heterocycles. The fourth-order valence-electron chi connectivity index (χ4n) is 5.23. The number of hydrogen-bond acceptors (Lipinski definition) is 3. The molecular weight excluding hydrogens is 316 g/mol. The summed E-state index contributed by atoms with van der Waals surface area (Å²) in [5, 5.41) is 13.5. The van der Waals surface area contributed by atoms with Crippen molar-refractivity contribution in [2.75, 3.05) is 33.7 Å². The maximum Gasteiger partial charge on any atom is 0.315 e. The van der Waals surface area contributed by atoms with Crippen LogP contribution in [0.1, 0.15) is 39.5 Å². The molecule has 3 rings (SSSR count). The molecule has 2 aliphatic carbocycles. The lowest BCUT2D eigenvalue weighted by molar-refractivity contribution is -0.860. The average molecular weight is 353 g/mol. The zero-order chi connectivity index (χ0) is 18.2. The second-order valence-corrected chi connectivity index (χ2v) is 8.92. The summed E-state index contributed by atoms with van der Waals surface area (Å²) in [6, 6.07) is 0. The van der Waals surface area contributed by atoms with Crippen molar-refractivity contribution in [3.05, 3.63) is 11.6 Å². The Morgan fingerprint density at radius 3 is 2.92 bits per heavy atom. The van der Waals surface area contributed by atoms with Crippen LogP contribution in [0, 0.1) is 23.2 Å². The first kappa shape index (κ1) is 18.9. The molecule has 1 saturated carbocycles. The number of hydrogen-bond donors (Lipinski definition) is 3. The van der Waals surface area contributed by atoms with Crippen molar-refractivity contribution in [1.82, 2.24) is 0 Å². The van der Waals surface area contributed by atoms with E-state index in [1.54, 1.807) is 0 Å². The van der Waals surface area contributed by atoms with Crippen LogP contribution in [-0.4, -0.2) is 57.0 Å². The van der Waals surface area contributed by atoms with Crippen molar-refractivity contribution in [2.24, 2.45) is 23.2 Å². The molecule has 0 amide bonds. The van der Waals surface area contributed by atoms with Gasteiger partial charge in [0.25, 0.3) is 0 Å². The number of nitrogens with one attached hydrogen (secondary N) is 1. The van der Waals surface area contributed by atoms with Crippen molar-refractivity contribution < 1.29 is 24.9 Å². The molecule has 5 heteroatoms. The third kappa shape index (κ3) is 3.38. The summed E-state index contributed by atoms with van der Waals surface area (Å²) < 4.78 is 5.71. The van der Waals surface area contributed by atoms with Crippen LogP contribution in [0.4, 0.5) is 0 Å². The minimum absolute atomic E-state index is 0.0501. The number of rotatable bonds is 6. The highest BCUT2D eigenvalue weighted by Gasteiger charge is 2.60. The number of quaternary nitrogens is 2. The van der Waals surface area contributed by atoms with E-state index >= 15 is 0 Å². The Balaban J connectivity index is 1.68. The summed E-state index contributed by atoms with van der Waals surface area (Å²) in [5.41, 5.74) is 1.12. The molecule has 0 radical (unpaired) electrons. The van der Waals surface area contributed by atoms with Crippen LogP contribution in [0.25, 0.3) is 0 Å². The highest BCUT2D eigenvalue weighted by atomic mass is 16.6. The van der Waals surface area contributed by atoms with E-state index in [0.29, 0.717) is 5.92 Å². The van der Waals surface area contributed by atoms with Crippen molar-refractivity contribution in [3.63, 3.8) is 0 Å². The van der Waals surface area contributed by atoms with Crippen LogP contribution in [0.5, 0.6) is 0 Å². The molecule has 0 aromatic carbocycles. The van der Waals surface area contributed by atoms with Crippen LogP contribution in [-0.2, 0) is 9.53 Å². The van der Waals surface area contributed by atoms with E-state index in [2.05, 4.69) is 39.3 Å². The van der Waals surface area contributed by atoms with Gasteiger partial charge in [0, 0.05) is 24.2 Å². The molecule has 6 atom stereocenters. The van der Waals surface area contributed by atoms with Gasteiger partial charge in [0.15, 0.2) is 0 Å². The molecular formula is C20H36N2O3+2. The molecule has 3 aliphatic rings. The summed E-state index contributed by atoms with van der Waals surface area (Å²) in [5.74, 6) is 0.135. The second kappa shape index (κ2) is 7.37. The highest BCUT2D eigenvalue weighted by Crippen LogP contribution is 2.55. The minimum Gasteiger partial charge on any atom is -0.461 e. The number of allylic oxidation sites excluding steroid dienone is 1. The fraction of sp³-hybridized carbons (Fsp3) is 0.850. The maximum atomic E-state index is 12.5. The average Bonchev–Trinajstić information content (AvgIpc) is 2.86. The van der Waals surface area contributed by atoms with Gasteiger partial charge < -0.3 is 20.1 Å². The SMILES string of the molecule is C[C@H]1CCC=C2C[C@H]3OC(=O)[C@@H](C[NH2+]CCC[NH+](C)C)[C@H]3[C@@H](O)[C@@]21C. The van der Waals surface area contributed by atoms with Gasteiger partial charge in [0.05, 0.1) is 39.8 Å². The fourth-order valence-corrected chi connectivity index (χ4v) is 5.23. The molecule has 4 N–H and O–H groups in total. The molecule has 1 aliphatic heterocycles. The monoisotopic (exact) mass is 352 g/mol. The van der Waals surface area contributed by atoms with E-state index in [1.165, 1.54) is 10.5 Å². The van der Waals surface area contributed by atoms with Gasteiger partial charge in [-0.05, 0) is 18.8 Å². The smallest absolute Gasteiger partial charge is 0.315 e. The molecule has 0 unspecified atom stereocenters. The topological polar surface area (TPSA) is 67.6 Å². The molecule has 142 valence electrons. The Labute approximate surface area is 151 Å². The van der Waals surface area contributed by atoms with E-state index in [9.17, 15) is 9.90 Å². The van der Waals surface area contributed by atoms with E-state index in [4.69, 9.17) is 4.74 Å². The number of carbonyl (C=O) groups excluding carboxylic acids is 1. The number of ether oxygens (including phenoxy) is 1. The van der Waals surface area contributed by atoms with Crippen LogP contribution in [0.15, 0.2) is 11.6 Å². The minimum atomic E-state index is -0.483. The first-order valence-electron chi connectivity index (χ1n) is 10.0. The van der Waals surface area contributed by atoms with Crippen LogP contribution in [0.2, 0.25) is 0 Å². The predicted octanol–water partition coefficient (Wildman–Crippen LogP) is -0.631. The predicted molar refractivity (Wildman–Crippen MR) is 96.0 cm³/mol.